The zero-order valence-electron chi connectivity index (χ0n) is 16.6. The molecule has 31 heavy (non-hydrogen) atoms. The van der Waals surface area contributed by atoms with E-state index in [0.717, 1.165) is 23.2 Å². The van der Waals surface area contributed by atoms with Crippen LogP contribution in [0.15, 0.2) is 78.0 Å². The Morgan fingerprint density at radius 1 is 1.03 bits per heavy atom. The van der Waals surface area contributed by atoms with E-state index in [1.807, 2.05) is 30.5 Å². The molecule has 3 heterocycles. The van der Waals surface area contributed by atoms with Gasteiger partial charge in [0.15, 0.2) is 0 Å². The second-order valence-corrected chi connectivity index (χ2v) is 9.08. The van der Waals surface area contributed by atoms with Crippen LogP contribution in [0.1, 0.15) is 12.8 Å². The lowest BCUT2D eigenvalue weighted by atomic mass is 10.0. The van der Waals surface area contributed by atoms with Crippen LogP contribution in [0.3, 0.4) is 0 Å². The van der Waals surface area contributed by atoms with Crippen LogP contribution in [-0.4, -0.2) is 30.8 Å². The van der Waals surface area contributed by atoms with Crippen molar-refractivity contribution >= 4 is 38.3 Å². The number of carbonyl (C=O) groups excluding carboxylic acids is 1. The Bertz CT molecular complexity index is 1380. The lowest BCUT2D eigenvalue weighted by Gasteiger charge is -2.16. The molecule has 1 aliphatic heterocycles. The number of fused-ring (bicyclic) bond motifs is 1. The molecule has 0 bridgehead atoms. The Labute approximate surface area is 179 Å². The van der Waals surface area contributed by atoms with E-state index >= 15 is 0 Å². The van der Waals surface area contributed by atoms with E-state index in [-0.39, 0.29) is 10.8 Å². The third-order valence-electron chi connectivity index (χ3n) is 5.41. The number of amides is 1. The Morgan fingerprint density at radius 2 is 1.87 bits per heavy atom. The van der Waals surface area contributed by atoms with Gasteiger partial charge < -0.3 is 9.88 Å². The van der Waals surface area contributed by atoms with Gasteiger partial charge in [0.05, 0.1) is 16.0 Å². The number of sulfonamides is 1. The maximum absolute atomic E-state index is 12.9. The van der Waals surface area contributed by atoms with Crippen molar-refractivity contribution in [1.82, 2.24) is 9.97 Å². The number of rotatable bonds is 5. The van der Waals surface area contributed by atoms with Crippen LogP contribution in [0.5, 0.6) is 0 Å². The van der Waals surface area contributed by atoms with E-state index in [0.29, 0.717) is 29.7 Å². The molecule has 0 atom stereocenters. The summed E-state index contributed by atoms with van der Waals surface area (Å²) in [5.41, 5.74) is 3.53. The number of nitrogens with zero attached hydrogens (tertiary/aromatic N) is 2. The molecule has 0 saturated carbocycles. The number of pyridine rings is 1. The summed E-state index contributed by atoms with van der Waals surface area (Å²) in [6.07, 6.45) is 4.78. The van der Waals surface area contributed by atoms with Crippen LogP contribution < -0.4 is 9.62 Å². The fourth-order valence-corrected chi connectivity index (χ4v) is 5.03. The first-order valence-corrected chi connectivity index (χ1v) is 11.5. The number of anilines is 2. The monoisotopic (exact) mass is 432 g/mol. The van der Waals surface area contributed by atoms with Crippen molar-refractivity contribution in [1.29, 1.82) is 0 Å². The third kappa shape index (κ3) is 3.55. The number of aromatic amines is 1. The molecule has 2 aromatic carbocycles. The highest BCUT2D eigenvalue weighted by Gasteiger charge is 2.23. The second-order valence-electron chi connectivity index (χ2n) is 7.40. The summed E-state index contributed by atoms with van der Waals surface area (Å²) in [6.45, 7) is 0.708. The molecule has 4 aromatic rings. The fraction of sp³-hybridized carbons (Fsp3) is 0.130. The van der Waals surface area contributed by atoms with Gasteiger partial charge in [-0.15, -0.1) is 0 Å². The quantitative estimate of drug-likeness (QED) is 0.495. The van der Waals surface area contributed by atoms with E-state index in [4.69, 9.17) is 0 Å². The number of aromatic nitrogens is 2. The van der Waals surface area contributed by atoms with Crippen molar-refractivity contribution in [2.24, 2.45) is 0 Å². The van der Waals surface area contributed by atoms with Crippen LogP contribution in [0.25, 0.3) is 22.2 Å². The molecule has 0 aliphatic carbocycles. The Balaban J connectivity index is 1.58. The maximum atomic E-state index is 12.9. The molecular weight excluding hydrogens is 412 g/mol. The van der Waals surface area contributed by atoms with Crippen molar-refractivity contribution < 1.29 is 13.2 Å². The van der Waals surface area contributed by atoms with Crippen LogP contribution in [-0.2, 0) is 14.8 Å². The zero-order valence-corrected chi connectivity index (χ0v) is 17.4. The molecule has 2 aromatic heterocycles. The van der Waals surface area contributed by atoms with Gasteiger partial charge in [0.1, 0.15) is 5.65 Å². The van der Waals surface area contributed by atoms with Crippen LogP contribution in [0.2, 0.25) is 0 Å². The Kier molecular flexibility index (Phi) is 4.71. The molecule has 0 unspecified atom stereocenters. The summed E-state index contributed by atoms with van der Waals surface area (Å²) in [5.74, 6) is 0.119. The highest BCUT2D eigenvalue weighted by Crippen LogP contribution is 2.36. The number of hydrogen-bond donors (Lipinski definition) is 2. The third-order valence-corrected chi connectivity index (χ3v) is 6.80. The van der Waals surface area contributed by atoms with Gasteiger partial charge >= 0.3 is 0 Å². The van der Waals surface area contributed by atoms with Gasteiger partial charge in [-0.05, 0) is 42.3 Å². The van der Waals surface area contributed by atoms with Gasteiger partial charge in [0, 0.05) is 36.6 Å². The Morgan fingerprint density at radius 3 is 2.65 bits per heavy atom. The summed E-state index contributed by atoms with van der Waals surface area (Å²) >= 11 is 0. The van der Waals surface area contributed by atoms with Crippen LogP contribution in [0, 0.1) is 0 Å². The minimum Gasteiger partial charge on any atom is -0.345 e. The van der Waals surface area contributed by atoms with E-state index in [9.17, 15) is 13.2 Å². The Hall–Kier alpha value is -3.65. The highest BCUT2D eigenvalue weighted by molar-refractivity contribution is 7.92. The number of benzene rings is 2. The molecule has 0 spiro atoms. The minimum atomic E-state index is -3.75. The molecule has 1 fully saturated rings. The molecular formula is C23H20N4O3S. The van der Waals surface area contributed by atoms with Crippen LogP contribution in [0.4, 0.5) is 11.4 Å². The highest BCUT2D eigenvalue weighted by atomic mass is 32.2. The number of hydrogen-bond acceptors (Lipinski definition) is 4. The number of carbonyl (C=O) groups is 1. The molecule has 1 amide bonds. The smallest absolute Gasteiger partial charge is 0.261 e. The molecule has 156 valence electrons. The molecule has 7 nitrogen and oxygen atoms in total. The number of nitrogens with one attached hydrogen (secondary N) is 2. The zero-order chi connectivity index (χ0) is 21.4. The van der Waals surface area contributed by atoms with E-state index in [1.165, 1.54) is 0 Å². The lowest BCUT2D eigenvalue weighted by Crippen LogP contribution is -2.23. The molecule has 0 radical (unpaired) electrons. The van der Waals surface area contributed by atoms with E-state index < -0.39 is 10.0 Å². The topological polar surface area (TPSA) is 95.2 Å². The minimum absolute atomic E-state index is 0.119. The summed E-state index contributed by atoms with van der Waals surface area (Å²) in [4.78, 5) is 21.6. The summed E-state index contributed by atoms with van der Waals surface area (Å²) < 4.78 is 28.5. The predicted molar refractivity (Wildman–Crippen MR) is 120 cm³/mol. The average Bonchev–Trinajstić information content (AvgIpc) is 3.41. The van der Waals surface area contributed by atoms with Crippen LogP contribution >= 0.6 is 0 Å². The van der Waals surface area contributed by atoms with Gasteiger partial charge in [-0.3, -0.25) is 9.52 Å². The first-order valence-electron chi connectivity index (χ1n) is 9.98. The van der Waals surface area contributed by atoms with E-state index in [2.05, 4.69) is 14.7 Å². The SMILES string of the molecule is O=C1CCCN1c1cccc(-c2c[nH]c3nccc(NS(=O)(=O)c4ccccc4)c23)c1. The largest absolute Gasteiger partial charge is 0.345 e. The van der Waals surface area contributed by atoms with Gasteiger partial charge in [-0.2, -0.15) is 0 Å². The van der Waals surface area contributed by atoms with Gasteiger partial charge in [0.25, 0.3) is 10.0 Å². The van der Waals surface area contributed by atoms with Gasteiger partial charge in [-0.25, -0.2) is 13.4 Å². The lowest BCUT2D eigenvalue weighted by molar-refractivity contribution is -0.117. The predicted octanol–water partition coefficient (Wildman–Crippen LogP) is 4.16. The van der Waals surface area contributed by atoms with Gasteiger partial charge in [0.2, 0.25) is 5.91 Å². The summed E-state index contributed by atoms with van der Waals surface area (Å²) in [6, 6.07) is 17.6. The van der Waals surface area contributed by atoms with Crippen molar-refractivity contribution in [2.75, 3.05) is 16.2 Å². The summed E-state index contributed by atoms with van der Waals surface area (Å²) in [5, 5.41) is 0.673. The van der Waals surface area contributed by atoms with Gasteiger partial charge in [-0.1, -0.05) is 30.3 Å². The first kappa shape index (κ1) is 19.3. The normalized spacial score (nSPS) is 14.3. The molecule has 8 heteroatoms. The van der Waals surface area contributed by atoms with Crippen molar-refractivity contribution in [3.05, 3.63) is 73.1 Å². The second kappa shape index (κ2) is 7.55. The molecule has 5 rings (SSSR count). The van der Waals surface area contributed by atoms with Crippen molar-refractivity contribution in [3.8, 4) is 11.1 Å². The molecule has 1 saturated heterocycles. The van der Waals surface area contributed by atoms with E-state index in [1.54, 1.807) is 47.5 Å². The standard InChI is InChI=1S/C23H20N4O3S/c28-21-10-5-13-27(21)17-7-4-6-16(14-17)19-15-25-23-22(19)20(11-12-24-23)26-31(29,30)18-8-2-1-3-9-18/h1-4,6-9,11-12,14-15H,5,10,13H2,(H2,24,25,26). The summed E-state index contributed by atoms with van der Waals surface area (Å²) in [7, 11) is -3.75. The first-order chi connectivity index (χ1) is 15.0. The average molecular weight is 433 g/mol. The number of H-pyrrole nitrogens is 1. The van der Waals surface area contributed by atoms with Crippen molar-refractivity contribution in [3.63, 3.8) is 0 Å². The van der Waals surface area contributed by atoms with Crippen molar-refractivity contribution in [2.45, 2.75) is 17.7 Å². The fourth-order valence-electron chi connectivity index (χ4n) is 3.94. The molecule has 1 aliphatic rings. The molecule has 2 N–H and O–H groups in total. The maximum Gasteiger partial charge on any atom is 0.261 e.